The van der Waals surface area contributed by atoms with E-state index in [1.807, 2.05) is 36.5 Å². The normalized spacial score (nSPS) is 10.7. The van der Waals surface area contributed by atoms with Crippen LogP contribution in [-0.4, -0.2) is 21.7 Å². The smallest absolute Gasteiger partial charge is 0.212 e. The average Bonchev–Trinajstić information content (AvgIpc) is 2.78. The van der Waals surface area contributed by atoms with E-state index in [-0.39, 0.29) is 0 Å². The van der Waals surface area contributed by atoms with Crippen molar-refractivity contribution >= 4 is 11.3 Å². The van der Waals surface area contributed by atoms with Gasteiger partial charge in [-0.05, 0) is 23.8 Å². The number of pyridine rings is 2. The van der Waals surface area contributed by atoms with Crippen molar-refractivity contribution < 1.29 is 4.74 Å². The summed E-state index contributed by atoms with van der Waals surface area (Å²) in [6.07, 6.45) is 3.66. The molecule has 0 aliphatic carbocycles. The lowest BCUT2D eigenvalue weighted by Crippen LogP contribution is -1.90. The Morgan fingerprint density at radius 2 is 2.06 bits per heavy atom. The summed E-state index contributed by atoms with van der Waals surface area (Å²) >= 11 is 0. The standard InChI is InChI=1S/C13H12N4O/c1-18-13-3-2-10(8-15-13)9-4-5-17-11(6-9)7-12(14)16-17/h2-8H,1H3,(H2,14,16). The van der Waals surface area contributed by atoms with E-state index in [1.165, 1.54) is 0 Å². The minimum atomic E-state index is 0.514. The van der Waals surface area contributed by atoms with Crippen molar-refractivity contribution in [2.45, 2.75) is 0 Å². The number of methoxy groups -OCH3 is 1. The SMILES string of the molecule is COc1ccc(-c2ccn3nc(N)cc3c2)cn1. The summed E-state index contributed by atoms with van der Waals surface area (Å²) in [6.45, 7) is 0. The van der Waals surface area contributed by atoms with Crippen LogP contribution in [0.25, 0.3) is 16.6 Å². The molecule has 3 rings (SSSR count). The maximum Gasteiger partial charge on any atom is 0.212 e. The number of rotatable bonds is 2. The van der Waals surface area contributed by atoms with Gasteiger partial charge in [0.25, 0.3) is 0 Å². The molecular formula is C13H12N4O. The summed E-state index contributed by atoms with van der Waals surface area (Å²) in [5.41, 5.74) is 8.71. The van der Waals surface area contributed by atoms with Gasteiger partial charge in [-0.2, -0.15) is 5.10 Å². The van der Waals surface area contributed by atoms with Crippen LogP contribution < -0.4 is 10.5 Å². The van der Waals surface area contributed by atoms with Gasteiger partial charge >= 0.3 is 0 Å². The van der Waals surface area contributed by atoms with E-state index < -0.39 is 0 Å². The van der Waals surface area contributed by atoms with E-state index in [4.69, 9.17) is 10.5 Å². The quantitative estimate of drug-likeness (QED) is 0.744. The minimum absolute atomic E-state index is 0.514. The molecule has 0 spiro atoms. The summed E-state index contributed by atoms with van der Waals surface area (Å²) < 4.78 is 6.78. The highest BCUT2D eigenvalue weighted by Crippen LogP contribution is 2.22. The fourth-order valence-electron chi connectivity index (χ4n) is 1.87. The topological polar surface area (TPSA) is 65.4 Å². The molecule has 2 N–H and O–H groups in total. The maximum absolute atomic E-state index is 5.66. The number of aromatic nitrogens is 3. The van der Waals surface area contributed by atoms with Crippen molar-refractivity contribution in [2.24, 2.45) is 0 Å². The highest BCUT2D eigenvalue weighted by molar-refractivity contribution is 5.69. The van der Waals surface area contributed by atoms with E-state index in [0.717, 1.165) is 16.6 Å². The number of nitrogen functional groups attached to an aromatic ring is 1. The Morgan fingerprint density at radius 1 is 1.17 bits per heavy atom. The monoisotopic (exact) mass is 240 g/mol. The van der Waals surface area contributed by atoms with Crippen LogP contribution in [0, 0.1) is 0 Å². The second-order valence-electron chi connectivity index (χ2n) is 3.94. The first-order chi connectivity index (χ1) is 8.76. The number of ether oxygens (including phenoxy) is 1. The van der Waals surface area contributed by atoms with E-state index in [2.05, 4.69) is 10.1 Å². The van der Waals surface area contributed by atoms with E-state index >= 15 is 0 Å². The molecular weight excluding hydrogens is 228 g/mol. The molecule has 5 nitrogen and oxygen atoms in total. The molecule has 3 heterocycles. The minimum Gasteiger partial charge on any atom is -0.481 e. The van der Waals surface area contributed by atoms with Crippen LogP contribution in [0.2, 0.25) is 0 Å². The molecule has 3 aromatic heterocycles. The third-order valence-electron chi connectivity index (χ3n) is 2.76. The van der Waals surface area contributed by atoms with Crippen LogP contribution in [0.1, 0.15) is 0 Å². The highest BCUT2D eigenvalue weighted by Gasteiger charge is 2.03. The van der Waals surface area contributed by atoms with Crippen LogP contribution in [0.4, 0.5) is 5.82 Å². The Bertz CT molecular complexity index is 688. The lowest BCUT2D eigenvalue weighted by molar-refractivity contribution is 0.398. The lowest BCUT2D eigenvalue weighted by Gasteiger charge is -2.03. The molecule has 0 bridgehead atoms. The van der Waals surface area contributed by atoms with Gasteiger partial charge in [0.15, 0.2) is 0 Å². The van der Waals surface area contributed by atoms with E-state index in [1.54, 1.807) is 17.8 Å². The molecule has 90 valence electrons. The summed E-state index contributed by atoms with van der Waals surface area (Å²) in [4.78, 5) is 4.19. The van der Waals surface area contributed by atoms with Crippen molar-refractivity contribution in [1.29, 1.82) is 0 Å². The largest absolute Gasteiger partial charge is 0.481 e. The predicted octanol–water partition coefficient (Wildman–Crippen LogP) is 1.99. The van der Waals surface area contributed by atoms with Gasteiger partial charge in [0.2, 0.25) is 5.88 Å². The molecule has 0 aromatic carbocycles. The van der Waals surface area contributed by atoms with Gasteiger partial charge in [0.1, 0.15) is 5.82 Å². The molecule has 0 aliphatic rings. The predicted molar refractivity (Wildman–Crippen MR) is 69.4 cm³/mol. The third-order valence-corrected chi connectivity index (χ3v) is 2.76. The highest BCUT2D eigenvalue weighted by atomic mass is 16.5. The lowest BCUT2D eigenvalue weighted by atomic mass is 10.1. The van der Waals surface area contributed by atoms with Crippen LogP contribution in [0.3, 0.4) is 0 Å². The second kappa shape index (κ2) is 4.03. The molecule has 18 heavy (non-hydrogen) atoms. The van der Waals surface area contributed by atoms with Crippen LogP contribution in [-0.2, 0) is 0 Å². The average molecular weight is 240 g/mol. The Morgan fingerprint density at radius 3 is 2.78 bits per heavy atom. The van der Waals surface area contributed by atoms with E-state index in [9.17, 15) is 0 Å². The Kier molecular flexibility index (Phi) is 2.37. The molecule has 0 fully saturated rings. The fourth-order valence-corrected chi connectivity index (χ4v) is 1.87. The zero-order chi connectivity index (χ0) is 12.5. The molecule has 0 unspecified atom stereocenters. The molecule has 0 amide bonds. The maximum atomic E-state index is 5.66. The summed E-state index contributed by atoms with van der Waals surface area (Å²) in [5, 5.41) is 4.13. The first kappa shape index (κ1) is 10.6. The number of nitrogens with two attached hydrogens (primary N) is 1. The molecule has 0 saturated heterocycles. The number of nitrogens with zero attached hydrogens (tertiary/aromatic N) is 3. The van der Waals surface area contributed by atoms with Gasteiger partial charge in [-0.3, -0.25) is 0 Å². The van der Waals surface area contributed by atoms with Crippen molar-refractivity contribution in [3.05, 3.63) is 42.7 Å². The van der Waals surface area contributed by atoms with Crippen molar-refractivity contribution in [2.75, 3.05) is 12.8 Å². The first-order valence-corrected chi connectivity index (χ1v) is 5.51. The number of anilines is 1. The van der Waals surface area contributed by atoms with Crippen molar-refractivity contribution in [1.82, 2.24) is 14.6 Å². The third kappa shape index (κ3) is 1.75. The van der Waals surface area contributed by atoms with Crippen LogP contribution in [0.5, 0.6) is 5.88 Å². The Labute approximate surface area is 104 Å². The number of hydrogen-bond donors (Lipinski definition) is 1. The van der Waals surface area contributed by atoms with Crippen molar-refractivity contribution in [3.8, 4) is 17.0 Å². The van der Waals surface area contributed by atoms with Gasteiger partial charge in [-0.25, -0.2) is 9.50 Å². The molecule has 5 heteroatoms. The number of fused-ring (bicyclic) bond motifs is 1. The van der Waals surface area contributed by atoms with Gasteiger partial charge < -0.3 is 10.5 Å². The molecule has 0 atom stereocenters. The summed E-state index contributed by atoms with van der Waals surface area (Å²) in [6, 6.07) is 9.64. The van der Waals surface area contributed by atoms with Crippen LogP contribution in [0.15, 0.2) is 42.7 Å². The van der Waals surface area contributed by atoms with Crippen LogP contribution >= 0.6 is 0 Å². The molecule has 0 saturated carbocycles. The summed E-state index contributed by atoms with van der Waals surface area (Å²) in [5.74, 6) is 1.12. The van der Waals surface area contributed by atoms with Gasteiger partial charge in [-0.15, -0.1) is 0 Å². The first-order valence-electron chi connectivity index (χ1n) is 5.51. The zero-order valence-electron chi connectivity index (χ0n) is 9.87. The fraction of sp³-hybridized carbons (Fsp3) is 0.0769. The van der Waals surface area contributed by atoms with Gasteiger partial charge in [0.05, 0.1) is 12.6 Å². The van der Waals surface area contributed by atoms with Crippen molar-refractivity contribution in [3.63, 3.8) is 0 Å². The number of hydrogen-bond acceptors (Lipinski definition) is 4. The molecule has 3 aromatic rings. The summed E-state index contributed by atoms with van der Waals surface area (Å²) in [7, 11) is 1.60. The Hall–Kier alpha value is -2.56. The van der Waals surface area contributed by atoms with Gasteiger partial charge in [-0.1, -0.05) is 0 Å². The van der Waals surface area contributed by atoms with E-state index in [0.29, 0.717) is 11.7 Å². The van der Waals surface area contributed by atoms with Gasteiger partial charge in [0, 0.05) is 30.1 Å². The zero-order valence-corrected chi connectivity index (χ0v) is 9.87. The second-order valence-corrected chi connectivity index (χ2v) is 3.94. The molecule has 0 aliphatic heterocycles. The molecule has 0 radical (unpaired) electrons. The Balaban J connectivity index is 2.06.